The van der Waals surface area contributed by atoms with Gasteiger partial charge in [0.25, 0.3) is 5.91 Å². The zero-order chi connectivity index (χ0) is 17.0. The van der Waals surface area contributed by atoms with Crippen molar-refractivity contribution in [1.29, 1.82) is 0 Å². The lowest BCUT2D eigenvalue weighted by Gasteiger charge is -2.12. The standard InChI is InChI=1S/C17H16ClFN2O2/c1-10(20)15(22)9-11-3-2-4-14(18)16(11)17(23)21-13-7-5-12(19)6-8-13/h2-8,10H,9,20H2,1H3,(H,21,23). The number of rotatable bonds is 5. The van der Waals surface area contributed by atoms with Crippen LogP contribution in [0.4, 0.5) is 10.1 Å². The van der Waals surface area contributed by atoms with Crippen LogP contribution >= 0.6 is 11.6 Å². The minimum Gasteiger partial charge on any atom is -0.322 e. The Kier molecular flexibility index (Phi) is 5.47. The fourth-order valence-corrected chi connectivity index (χ4v) is 2.33. The highest BCUT2D eigenvalue weighted by Crippen LogP contribution is 2.22. The number of hydrogen-bond acceptors (Lipinski definition) is 3. The van der Waals surface area contributed by atoms with Gasteiger partial charge in [0, 0.05) is 12.1 Å². The van der Waals surface area contributed by atoms with E-state index in [1.807, 2.05) is 0 Å². The van der Waals surface area contributed by atoms with Gasteiger partial charge in [-0.3, -0.25) is 9.59 Å². The molecule has 2 aromatic rings. The van der Waals surface area contributed by atoms with Crippen molar-refractivity contribution in [2.24, 2.45) is 5.73 Å². The molecule has 0 bridgehead atoms. The van der Waals surface area contributed by atoms with E-state index in [0.29, 0.717) is 11.3 Å². The van der Waals surface area contributed by atoms with Gasteiger partial charge in [0.05, 0.1) is 16.6 Å². The Morgan fingerprint density at radius 3 is 2.48 bits per heavy atom. The molecule has 0 heterocycles. The Bertz CT molecular complexity index is 730. The zero-order valence-electron chi connectivity index (χ0n) is 12.5. The lowest BCUT2D eigenvalue weighted by atomic mass is 9.99. The van der Waals surface area contributed by atoms with E-state index in [9.17, 15) is 14.0 Å². The van der Waals surface area contributed by atoms with Gasteiger partial charge in [0.1, 0.15) is 5.82 Å². The quantitative estimate of drug-likeness (QED) is 0.882. The van der Waals surface area contributed by atoms with Crippen molar-refractivity contribution >= 4 is 29.0 Å². The molecule has 6 heteroatoms. The van der Waals surface area contributed by atoms with E-state index >= 15 is 0 Å². The summed E-state index contributed by atoms with van der Waals surface area (Å²) in [4.78, 5) is 24.3. The minimum absolute atomic E-state index is 0.0183. The van der Waals surface area contributed by atoms with Crippen LogP contribution in [0.5, 0.6) is 0 Å². The SMILES string of the molecule is CC(N)C(=O)Cc1cccc(Cl)c1C(=O)Nc1ccc(F)cc1. The summed E-state index contributed by atoms with van der Waals surface area (Å²) in [7, 11) is 0. The van der Waals surface area contributed by atoms with Crippen LogP contribution in [0, 0.1) is 5.82 Å². The fraction of sp³-hybridized carbons (Fsp3) is 0.176. The molecule has 0 saturated carbocycles. The van der Waals surface area contributed by atoms with Crippen LogP contribution < -0.4 is 11.1 Å². The predicted molar refractivity (Wildman–Crippen MR) is 88.2 cm³/mol. The molecule has 1 unspecified atom stereocenters. The second-order valence-corrected chi connectivity index (χ2v) is 5.57. The summed E-state index contributed by atoms with van der Waals surface area (Å²) in [6.45, 7) is 1.59. The number of Topliss-reactive ketones (excluding diaryl/α,β-unsaturated/α-hetero) is 1. The van der Waals surface area contributed by atoms with Crippen molar-refractivity contribution in [1.82, 2.24) is 0 Å². The molecule has 120 valence electrons. The maximum Gasteiger partial charge on any atom is 0.257 e. The van der Waals surface area contributed by atoms with E-state index in [1.54, 1.807) is 25.1 Å². The number of ketones is 1. The third-order valence-corrected chi connectivity index (χ3v) is 3.62. The summed E-state index contributed by atoms with van der Waals surface area (Å²) in [6.07, 6.45) is 0.0183. The molecule has 0 fully saturated rings. The van der Waals surface area contributed by atoms with E-state index in [0.717, 1.165) is 0 Å². The number of nitrogens with one attached hydrogen (secondary N) is 1. The molecule has 0 saturated heterocycles. The highest BCUT2D eigenvalue weighted by molar-refractivity contribution is 6.34. The van der Waals surface area contributed by atoms with Crippen LogP contribution in [0.25, 0.3) is 0 Å². The molecule has 1 atom stereocenters. The third kappa shape index (κ3) is 4.37. The molecule has 0 aliphatic carbocycles. The Labute approximate surface area is 138 Å². The molecular formula is C17H16ClFN2O2. The Morgan fingerprint density at radius 1 is 1.22 bits per heavy atom. The molecule has 2 aromatic carbocycles. The van der Waals surface area contributed by atoms with Crippen molar-refractivity contribution in [2.45, 2.75) is 19.4 Å². The lowest BCUT2D eigenvalue weighted by molar-refractivity contribution is -0.119. The van der Waals surface area contributed by atoms with Crippen molar-refractivity contribution in [3.63, 3.8) is 0 Å². The van der Waals surface area contributed by atoms with Crippen LogP contribution in [-0.2, 0) is 11.2 Å². The average molecular weight is 335 g/mol. The number of carbonyl (C=O) groups is 2. The van der Waals surface area contributed by atoms with Gasteiger partial charge in [-0.2, -0.15) is 0 Å². The molecule has 23 heavy (non-hydrogen) atoms. The van der Waals surface area contributed by atoms with Crippen molar-refractivity contribution < 1.29 is 14.0 Å². The first-order valence-corrected chi connectivity index (χ1v) is 7.39. The summed E-state index contributed by atoms with van der Waals surface area (Å²) in [5, 5.41) is 2.87. The summed E-state index contributed by atoms with van der Waals surface area (Å²) < 4.78 is 12.9. The van der Waals surface area contributed by atoms with Crippen LogP contribution in [0.1, 0.15) is 22.8 Å². The smallest absolute Gasteiger partial charge is 0.257 e. The third-order valence-electron chi connectivity index (χ3n) is 3.30. The Morgan fingerprint density at radius 2 is 1.87 bits per heavy atom. The molecular weight excluding hydrogens is 319 g/mol. The highest BCUT2D eigenvalue weighted by Gasteiger charge is 2.19. The Balaban J connectivity index is 2.28. The van der Waals surface area contributed by atoms with Crippen molar-refractivity contribution in [2.75, 3.05) is 5.32 Å². The van der Waals surface area contributed by atoms with Crippen molar-refractivity contribution in [3.8, 4) is 0 Å². The summed E-state index contributed by atoms with van der Waals surface area (Å²) in [5.74, 6) is -1.05. The average Bonchev–Trinajstić information content (AvgIpc) is 2.49. The first kappa shape index (κ1) is 17.1. The number of nitrogens with two attached hydrogens (primary N) is 1. The molecule has 3 N–H and O–H groups in total. The van der Waals surface area contributed by atoms with Gasteiger partial charge in [-0.25, -0.2) is 4.39 Å². The highest BCUT2D eigenvalue weighted by atomic mass is 35.5. The van der Waals surface area contributed by atoms with Gasteiger partial charge in [-0.05, 0) is 42.8 Å². The van der Waals surface area contributed by atoms with Gasteiger partial charge in [0.15, 0.2) is 5.78 Å². The number of halogens is 2. The second-order valence-electron chi connectivity index (χ2n) is 5.17. The summed E-state index contributed by atoms with van der Waals surface area (Å²) in [6, 6.07) is 9.63. The van der Waals surface area contributed by atoms with E-state index in [1.165, 1.54) is 24.3 Å². The molecule has 4 nitrogen and oxygen atoms in total. The van der Waals surface area contributed by atoms with Gasteiger partial charge in [-0.1, -0.05) is 23.7 Å². The van der Waals surface area contributed by atoms with Crippen LogP contribution in [0.15, 0.2) is 42.5 Å². The predicted octanol–water partition coefficient (Wildman–Crippen LogP) is 3.19. The molecule has 2 rings (SSSR count). The zero-order valence-corrected chi connectivity index (χ0v) is 13.2. The molecule has 0 spiro atoms. The summed E-state index contributed by atoms with van der Waals surface area (Å²) in [5.41, 5.74) is 6.71. The van der Waals surface area contributed by atoms with Gasteiger partial charge in [-0.15, -0.1) is 0 Å². The van der Waals surface area contributed by atoms with E-state index in [2.05, 4.69) is 5.32 Å². The van der Waals surface area contributed by atoms with E-state index in [-0.39, 0.29) is 22.8 Å². The molecule has 0 aliphatic rings. The van der Waals surface area contributed by atoms with E-state index in [4.69, 9.17) is 17.3 Å². The van der Waals surface area contributed by atoms with Gasteiger partial charge < -0.3 is 11.1 Å². The number of benzene rings is 2. The lowest BCUT2D eigenvalue weighted by Crippen LogP contribution is -2.29. The maximum absolute atomic E-state index is 12.9. The Hall–Kier alpha value is -2.24. The van der Waals surface area contributed by atoms with Crippen LogP contribution in [0.3, 0.4) is 0 Å². The first-order chi connectivity index (χ1) is 10.9. The first-order valence-electron chi connectivity index (χ1n) is 7.01. The number of hydrogen-bond donors (Lipinski definition) is 2. The van der Waals surface area contributed by atoms with Crippen LogP contribution in [0.2, 0.25) is 5.02 Å². The number of anilines is 1. The topological polar surface area (TPSA) is 72.2 Å². The largest absolute Gasteiger partial charge is 0.322 e. The molecule has 0 aromatic heterocycles. The number of amides is 1. The maximum atomic E-state index is 12.9. The molecule has 0 aliphatic heterocycles. The minimum atomic E-state index is -0.623. The van der Waals surface area contributed by atoms with Crippen molar-refractivity contribution in [3.05, 3.63) is 64.4 Å². The summed E-state index contributed by atoms with van der Waals surface area (Å²) >= 11 is 6.12. The molecule has 1 amide bonds. The number of carbonyl (C=O) groups excluding carboxylic acids is 2. The normalized spacial score (nSPS) is 11.8. The second kappa shape index (κ2) is 7.35. The van der Waals surface area contributed by atoms with Gasteiger partial charge in [0.2, 0.25) is 0 Å². The fourth-order valence-electron chi connectivity index (χ4n) is 2.05. The molecule has 0 radical (unpaired) electrons. The monoisotopic (exact) mass is 334 g/mol. The van der Waals surface area contributed by atoms with Crippen LogP contribution in [-0.4, -0.2) is 17.7 Å². The van der Waals surface area contributed by atoms with Gasteiger partial charge >= 0.3 is 0 Å². The van der Waals surface area contributed by atoms with E-state index < -0.39 is 17.8 Å².